The Morgan fingerprint density at radius 3 is 2.55 bits per heavy atom. The van der Waals surface area contributed by atoms with Gasteiger partial charge in [-0.1, -0.05) is 0 Å². The highest BCUT2D eigenvalue weighted by Gasteiger charge is 2.35. The Morgan fingerprint density at radius 2 is 2.00 bits per heavy atom. The van der Waals surface area contributed by atoms with Gasteiger partial charge in [-0.05, 0) is 37.4 Å². The third kappa shape index (κ3) is 3.59. The summed E-state index contributed by atoms with van der Waals surface area (Å²) in [5.41, 5.74) is 0.754. The molecular weight excluding hydrogens is 304 g/mol. The number of carboxylic acids is 1. The molecule has 0 aromatic heterocycles. The number of nitrogens with zero attached hydrogens (tertiary/aromatic N) is 1. The minimum Gasteiger partial charge on any atom is -0.480 e. The summed E-state index contributed by atoms with van der Waals surface area (Å²) >= 11 is 1.61. The summed E-state index contributed by atoms with van der Waals surface area (Å²) in [6.45, 7) is 1.67. The fraction of sp³-hybridized carbons (Fsp3) is 0.400. The first-order valence-electron chi connectivity index (χ1n) is 6.90. The Kier molecular flexibility index (Phi) is 5.07. The van der Waals surface area contributed by atoms with Gasteiger partial charge in [0.05, 0.1) is 5.92 Å². The van der Waals surface area contributed by atoms with Crippen LogP contribution in [0.2, 0.25) is 0 Å². The van der Waals surface area contributed by atoms with Crippen molar-refractivity contribution in [3.8, 4) is 0 Å². The van der Waals surface area contributed by atoms with Gasteiger partial charge < -0.3 is 15.3 Å². The van der Waals surface area contributed by atoms with Crippen molar-refractivity contribution in [1.29, 1.82) is 0 Å². The van der Waals surface area contributed by atoms with Crippen molar-refractivity contribution in [3.63, 3.8) is 0 Å². The zero-order valence-electron chi connectivity index (χ0n) is 12.4. The predicted octanol–water partition coefficient (Wildman–Crippen LogP) is 1.35. The van der Waals surface area contributed by atoms with Crippen molar-refractivity contribution >= 4 is 35.2 Å². The van der Waals surface area contributed by atoms with E-state index in [0.717, 1.165) is 10.6 Å². The zero-order chi connectivity index (χ0) is 16.3. The molecule has 0 bridgehead atoms. The average Bonchev–Trinajstić information content (AvgIpc) is 2.89. The fourth-order valence-corrected chi connectivity index (χ4v) is 2.70. The summed E-state index contributed by atoms with van der Waals surface area (Å²) in [6.07, 6.45) is 2.07. The molecule has 1 aromatic carbocycles. The molecule has 1 aromatic rings. The summed E-state index contributed by atoms with van der Waals surface area (Å²) in [5.74, 6) is -2.14. The molecule has 1 aliphatic heterocycles. The normalized spacial score (nSPS) is 19.1. The second kappa shape index (κ2) is 6.83. The van der Waals surface area contributed by atoms with E-state index in [4.69, 9.17) is 5.11 Å². The first kappa shape index (κ1) is 16.4. The second-order valence-corrected chi connectivity index (χ2v) is 6.05. The Labute approximate surface area is 132 Å². The van der Waals surface area contributed by atoms with Crippen LogP contribution in [0.25, 0.3) is 0 Å². The summed E-state index contributed by atoms with van der Waals surface area (Å²) in [5, 5.41) is 11.2. The van der Waals surface area contributed by atoms with Crippen LogP contribution in [0, 0.1) is 5.92 Å². The number of rotatable bonds is 5. The third-order valence-electron chi connectivity index (χ3n) is 3.61. The van der Waals surface area contributed by atoms with E-state index in [2.05, 4.69) is 5.32 Å². The minimum absolute atomic E-state index is 0.0997. The number of benzene rings is 1. The standard InChI is InChI=1S/C15H18N2O4S/c1-9(15(20)21)16-14(19)10-7-13(18)17(8-10)11-3-5-12(22-2)6-4-11/h3-6,9-10H,7-8H2,1-2H3,(H,16,19)(H,20,21). The molecule has 7 heteroatoms. The van der Waals surface area contributed by atoms with Gasteiger partial charge in [0.1, 0.15) is 6.04 Å². The highest BCUT2D eigenvalue weighted by molar-refractivity contribution is 7.98. The van der Waals surface area contributed by atoms with Gasteiger partial charge in [0.2, 0.25) is 11.8 Å². The summed E-state index contributed by atoms with van der Waals surface area (Å²) in [4.78, 5) is 37.5. The molecule has 118 valence electrons. The average molecular weight is 322 g/mol. The molecule has 1 saturated heterocycles. The van der Waals surface area contributed by atoms with Gasteiger partial charge in [-0.2, -0.15) is 0 Å². The number of amides is 2. The van der Waals surface area contributed by atoms with E-state index in [9.17, 15) is 14.4 Å². The topological polar surface area (TPSA) is 86.7 Å². The molecule has 0 saturated carbocycles. The van der Waals surface area contributed by atoms with Gasteiger partial charge in [0, 0.05) is 23.5 Å². The van der Waals surface area contributed by atoms with Crippen LogP contribution >= 0.6 is 11.8 Å². The highest BCUT2D eigenvalue weighted by Crippen LogP contribution is 2.27. The van der Waals surface area contributed by atoms with Gasteiger partial charge in [-0.3, -0.25) is 14.4 Å². The number of thioether (sulfide) groups is 1. The number of anilines is 1. The predicted molar refractivity (Wildman–Crippen MR) is 83.9 cm³/mol. The molecule has 2 atom stereocenters. The second-order valence-electron chi connectivity index (χ2n) is 5.17. The van der Waals surface area contributed by atoms with Crippen molar-refractivity contribution in [3.05, 3.63) is 24.3 Å². The van der Waals surface area contributed by atoms with E-state index in [1.54, 1.807) is 16.7 Å². The lowest BCUT2D eigenvalue weighted by atomic mass is 10.1. The van der Waals surface area contributed by atoms with E-state index in [1.165, 1.54) is 6.92 Å². The van der Waals surface area contributed by atoms with Gasteiger partial charge in [0.25, 0.3) is 0 Å². The maximum Gasteiger partial charge on any atom is 0.325 e. The molecule has 2 amide bonds. The molecule has 1 fully saturated rings. The molecular formula is C15H18N2O4S. The maximum atomic E-state index is 12.1. The molecule has 0 aliphatic carbocycles. The molecule has 0 radical (unpaired) electrons. The molecule has 2 unspecified atom stereocenters. The minimum atomic E-state index is -1.10. The smallest absolute Gasteiger partial charge is 0.325 e. The fourth-order valence-electron chi connectivity index (χ4n) is 2.29. The lowest BCUT2D eigenvalue weighted by Gasteiger charge is -2.17. The van der Waals surface area contributed by atoms with Crippen molar-refractivity contribution in [2.45, 2.75) is 24.3 Å². The largest absolute Gasteiger partial charge is 0.480 e. The quantitative estimate of drug-likeness (QED) is 0.799. The van der Waals surface area contributed by atoms with Gasteiger partial charge in [0.15, 0.2) is 0 Å². The summed E-state index contributed by atoms with van der Waals surface area (Å²) in [6, 6.07) is 6.59. The number of nitrogens with one attached hydrogen (secondary N) is 1. The molecule has 2 N–H and O–H groups in total. The molecule has 2 rings (SSSR count). The summed E-state index contributed by atoms with van der Waals surface area (Å²) in [7, 11) is 0. The van der Waals surface area contributed by atoms with Gasteiger partial charge in [-0.15, -0.1) is 11.8 Å². The van der Waals surface area contributed by atoms with Gasteiger partial charge >= 0.3 is 5.97 Å². The lowest BCUT2D eigenvalue weighted by molar-refractivity contribution is -0.141. The van der Waals surface area contributed by atoms with E-state index in [1.807, 2.05) is 30.5 Å². The number of hydrogen-bond donors (Lipinski definition) is 2. The lowest BCUT2D eigenvalue weighted by Crippen LogP contribution is -2.42. The molecule has 1 heterocycles. The Bertz CT molecular complexity index is 588. The molecule has 0 spiro atoms. The number of carbonyl (C=O) groups excluding carboxylic acids is 2. The van der Waals surface area contributed by atoms with Crippen molar-refractivity contribution in [2.75, 3.05) is 17.7 Å². The number of carboxylic acid groups (broad SMARTS) is 1. The number of hydrogen-bond acceptors (Lipinski definition) is 4. The Balaban J connectivity index is 2.03. The SMILES string of the molecule is CSc1ccc(N2CC(C(=O)NC(C)C(=O)O)CC2=O)cc1. The van der Waals surface area contributed by atoms with Crippen LogP contribution in [0.1, 0.15) is 13.3 Å². The zero-order valence-corrected chi connectivity index (χ0v) is 13.2. The van der Waals surface area contributed by atoms with Crippen LogP contribution in [-0.4, -0.2) is 41.7 Å². The van der Waals surface area contributed by atoms with Crippen LogP contribution in [-0.2, 0) is 14.4 Å². The van der Waals surface area contributed by atoms with Crippen molar-refractivity contribution in [2.24, 2.45) is 5.92 Å². The summed E-state index contributed by atoms with van der Waals surface area (Å²) < 4.78 is 0. The molecule has 1 aliphatic rings. The van der Waals surface area contributed by atoms with Crippen LogP contribution < -0.4 is 10.2 Å². The van der Waals surface area contributed by atoms with Crippen molar-refractivity contribution < 1.29 is 19.5 Å². The number of carbonyl (C=O) groups is 3. The van der Waals surface area contributed by atoms with Crippen molar-refractivity contribution in [1.82, 2.24) is 5.32 Å². The number of aliphatic carboxylic acids is 1. The maximum absolute atomic E-state index is 12.1. The first-order valence-corrected chi connectivity index (χ1v) is 8.12. The van der Waals surface area contributed by atoms with Crippen LogP contribution in [0.15, 0.2) is 29.2 Å². The van der Waals surface area contributed by atoms with E-state index < -0.39 is 23.8 Å². The molecule has 22 heavy (non-hydrogen) atoms. The van der Waals surface area contributed by atoms with Gasteiger partial charge in [-0.25, -0.2) is 0 Å². The first-order chi connectivity index (χ1) is 10.4. The highest BCUT2D eigenvalue weighted by atomic mass is 32.2. The monoisotopic (exact) mass is 322 g/mol. The van der Waals surface area contributed by atoms with E-state index >= 15 is 0 Å². The molecule has 6 nitrogen and oxygen atoms in total. The third-order valence-corrected chi connectivity index (χ3v) is 4.35. The Morgan fingerprint density at radius 1 is 1.36 bits per heavy atom. The van der Waals surface area contributed by atoms with Crippen LogP contribution in [0.3, 0.4) is 0 Å². The van der Waals surface area contributed by atoms with E-state index in [-0.39, 0.29) is 18.9 Å². The Hall–Kier alpha value is -2.02. The van der Waals surface area contributed by atoms with Crippen LogP contribution in [0.4, 0.5) is 5.69 Å². The van der Waals surface area contributed by atoms with Crippen LogP contribution in [0.5, 0.6) is 0 Å². The van der Waals surface area contributed by atoms with E-state index in [0.29, 0.717) is 0 Å².